The highest BCUT2D eigenvalue weighted by molar-refractivity contribution is 6.30. The topological polar surface area (TPSA) is 85.3 Å². The Labute approximate surface area is 168 Å². The molecule has 5 nitrogen and oxygen atoms in total. The van der Waals surface area contributed by atoms with Gasteiger partial charge in [-0.2, -0.15) is 0 Å². The maximum atomic E-state index is 12.8. The van der Waals surface area contributed by atoms with Crippen molar-refractivity contribution in [3.05, 3.63) is 47.2 Å². The number of primary amides is 1. The zero-order valence-electron chi connectivity index (χ0n) is 15.5. The normalized spacial score (nSPS) is 33.0. The average molecular weight is 399 g/mol. The van der Waals surface area contributed by atoms with Gasteiger partial charge in [-0.25, -0.2) is 0 Å². The molecule has 2 atom stereocenters. The first-order valence-corrected chi connectivity index (χ1v) is 10.3. The number of nitrogens with two attached hydrogens (primary N) is 1. The van der Waals surface area contributed by atoms with Crippen molar-refractivity contribution in [3.63, 3.8) is 0 Å². The van der Waals surface area contributed by atoms with Crippen LogP contribution >= 0.6 is 11.6 Å². The quantitative estimate of drug-likeness (QED) is 0.815. The van der Waals surface area contributed by atoms with Crippen LogP contribution in [0.5, 0.6) is 0 Å². The number of benzene rings is 1. The van der Waals surface area contributed by atoms with E-state index in [0.717, 1.165) is 37.7 Å². The summed E-state index contributed by atoms with van der Waals surface area (Å²) < 4.78 is 5.79. The molecule has 4 saturated carbocycles. The third-order valence-corrected chi connectivity index (χ3v) is 7.30. The summed E-state index contributed by atoms with van der Waals surface area (Å²) in [6, 6.07) is 10.9. The van der Waals surface area contributed by atoms with Crippen molar-refractivity contribution in [3.8, 4) is 11.3 Å². The van der Waals surface area contributed by atoms with E-state index in [1.807, 2.05) is 12.1 Å². The van der Waals surface area contributed by atoms with Gasteiger partial charge in [-0.3, -0.25) is 9.59 Å². The second kappa shape index (κ2) is 6.38. The Morgan fingerprint density at radius 1 is 1.04 bits per heavy atom. The standard InChI is InChI=1S/C22H23ClN2O3/c23-16-3-1-13(2-4-16)17-5-6-18(28-17)20(26)25-19-14-7-12-8-15(19)11-22(9-12,10-14)21(24)27/h1-6,12,14-15,19H,7-11H2,(H2,24,27)(H,25,26)/t12?,14?,15?,19-,22-. The number of carbonyl (C=O) groups excluding carboxylic acids is 2. The SMILES string of the molecule is NC(=O)[C@]12CC3CC(C1)[C@@H](NC(=O)c1ccc(-c4ccc(Cl)cc4)o1)C(C3)C2. The Morgan fingerprint density at radius 3 is 2.36 bits per heavy atom. The summed E-state index contributed by atoms with van der Waals surface area (Å²) in [4.78, 5) is 24.9. The van der Waals surface area contributed by atoms with Gasteiger partial charge >= 0.3 is 0 Å². The van der Waals surface area contributed by atoms with Crippen LogP contribution in [0.3, 0.4) is 0 Å². The van der Waals surface area contributed by atoms with Crippen molar-refractivity contribution in [1.82, 2.24) is 5.32 Å². The average Bonchev–Trinajstić information content (AvgIpc) is 3.15. The Balaban J connectivity index is 1.32. The molecule has 2 amide bonds. The molecule has 4 fully saturated rings. The molecule has 0 saturated heterocycles. The van der Waals surface area contributed by atoms with E-state index >= 15 is 0 Å². The fourth-order valence-electron chi connectivity index (χ4n) is 6.01. The number of nitrogens with one attached hydrogen (secondary N) is 1. The summed E-state index contributed by atoms with van der Waals surface area (Å²) in [6.45, 7) is 0. The first kappa shape index (κ1) is 17.8. The predicted molar refractivity (Wildman–Crippen MR) is 106 cm³/mol. The van der Waals surface area contributed by atoms with E-state index in [-0.39, 0.29) is 23.3 Å². The molecule has 146 valence electrons. The Bertz CT molecular complexity index is 920. The first-order chi connectivity index (χ1) is 13.4. The monoisotopic (exact) mass is 398 g/mol. The molecular formula is C22H23ClN2O3. The van der Waals surface area contributed by atoms with E-state index in [1.54, 1.807) is 24.3 Å². The van der Waals surface area contributed by atoms with Crippen molar-refractivity contribution < 1.29 is 14.0 Å². The van der Waals surface area contributed by atoms with Crippen molar-refractivity contribution in [2.24, 2.45) is 28.9 Å². The Hall–Kier alpha value is -2.27. The highest BCUT2D eigenvalue weighted by Crippen LogP contribution is 2.59. The summed E-state index contributed by atoms with van der Waals surface area (Å²) in [5, 5.41) is 3.86. The summed E-state index contributed by atoms with van der Waals surface area (Å²) in [5.41, 5.74) is 6.28. The van der Waals surface area contributed by atoms with E-state index in [2.05, 4.69) is 5.32 Å². The maximum absolute atomic E-state index is 12.8. The second-order valence-corrected chi connectivity index (χ2v) is 9.22. The number of furan rings is 1. The van der Waals surface area contributed by atoms with Crippen LogP contribution in [-0.2, 0) is 4.79 Å². The molecule has 28 heavy (non-hydrogen) atoms. The minimum absolute atomic E-state index is 0.0978. The van der Waals surface area contributed by atoms with E-state index in [0.29, 0.717) is 34.3 Å². The Morgan fingerprint density at radius 2 is 1.71 bits per heavy atom. The van der Waals surface area contributed by atoms with E-state index in [9.17, 15) is 9.59 Å². The fraction of sp³-hybridized carbons (Fsp3) is 0.455. The van der Waals surface area contributed by atoms with E-state index in [1.165, 1.54) is 0 Å². The lowest BCUT2D eigenvalue weighted by molar-refractivity contribution is -0.145. The third-order valence-electron chi connectivity index (χ3n) is 7.05. The number of amides is 2. The zero-order chi connectivity index (χ0) is 19.5. The summed E-state index contributed by atoms with van der Waals surface area (Å²) in [7, 11) is 0. The molecule has 4 bridgehead atoms. The molecule has 6 heteroatoms. The van der Waals surface area contributed by atoms with Gasteiger partial charge in [-0.05, 0) is 86.3 Å². The van der Waals surface area contributed by atoms with Gasteiger partial charge in [0.25, 0.3) is 5.91 Å². The summed E-state index contributed by atoms with van der Waals surface area (Å²) in [5.74, 6) is 1.82. The van der Waals surface area contributed by atoms with Crippen LogP contribution in [0.4, 0.5) is 0 Å². The van der Waals surface area contributed by atoms with Crippen molar-refractivity contribution in [1.29, 1.82) is 0 Å². The van der Waals surface area contributed by atoms with E-state index in [4.69, 9.17) is 21.8 Å². The maximum Gasteiger partial charge on any atom is 0.287 e. The minimum atomic E-state index is -0.343. The van der Waals surface area contributed by atoms with Crippen molar-refractivity contribution in [2.75, 3.05) is 0 Å². The van der Waals surface area contributed by atoms with Gasteiger partial charge in [0.15, 0.2) is 5.76 Å². The molecule has 4 aliphatic carbocycles. The molecule has 0 radical (unpaired) electrons. The molecule has 1 aromatic heterocycles. The number of hydrogen-bond acceptors (Lipinski definition) is 3. The number of rotatable bonds is 4. The molecule has 0 aliphatic heterocycles. The van der Waals surface area contributed by atoms with Crippen LogP contribution < -0.4 is 11.1 Å². The highest BCUT2D eigenvalue weighted by atomic mass is 35.5. The van der Waals surface area contributed by atoms with Crippen LogP contribution in [0.15, 0.2) is 40.8 Å². The van der Waals surface area contributed by atoms with Crippen LogP contribution in [0.25, 0.3) is 11.3 Å². The lowest BCUT2D eigenvalue weighted by Gasteiger charge is -2.58. The van der Waals surface area contributed by atoms with Gasteiger partial charge in [0.1, 0.15) is 5.76 Å². The van der Waals surface area contributed by atoms with Crippen molar-refractivity contribution >= 4 is 23.4 Å². The number of halogens is 1. The van der Waals surface area contributed by atoms with Crippen LogP contribution in [0.2, 0.25) is 5.02 Å². The molecule has 0 spiro atoms. The molecule has 1 heterocycles. The van der Waals surface area contributed by atoms with Crippen LogP contribution in [0, 0.1) is 23.2 Å². The van der Waals surface area contributed by atoms with Gasteiger partial charge < -0.3 is 15.5 Å². The number of carbonyl (C=O) groups is 2. The highest BCUT2D eigenvalue weighted by Gasteiger charge is 2.58. The summed E-state index contributed by atoms with van der Waals surface area (Å²) in [6.07, 6.45) is 4.68. The van der Waals surface area contributed by atoms with Crippen LogP contribution in [-0.4, -0.2) is 17.9 Å². The molecule has 2 aromatic rings. The van der Waals surface area contributed by atoms with Crippen LogP contribution in [0.1, 0.15) is 42.7 Å². The Kier molecular flexibility index (Phi) is 4.05. The van der Waals surface area contributed by atoms with Crippen molar-refractivity contribution in [2.45, 2.75) is 38.1 Å². The van der Waals surface area contributed by atoms with E-state index < -0.39 is 0 Å². The molecule has 4 aliphatic rings. The lowest BCUT2D eigenvalue weighted by atomic mass is 9.47. The van der Waals surface area contributed by atoms with Gasteiger partial charge in [-0.1, -0.05) is 11.6 Å². The number of hydrogen-bond donors (Lipinski definition) is 2. The van der Waals surface area contributed by atoms with Gasteiger partial charge in [0.2, 0.25) is 5.91 Å². The fourth-order valence-corrected chi connectivity index (χ4v) is 6.14. The third kappa shape index (κ3) is 2.84. The molecule has 1 aromatic carbocycles. The van der Waals surface area contributed by atoms with Gasteiger partial charge in [-0.15, -0.1) is 0 Å². The molecule has 6 rings (SSSR count). The largest absolute Gasteiger partial charge is 0.451 e. The molecule has 3 N–H and O–H groups in total. The lowest BCUT2D eigenvalue weighted by Crippen LogP contribution is -2.62. The van der Waals surface area contributed by atoms with Gasteiger partial charge in [0.05, 0.1) is 0 Å². The predicted octanol–water partition coefficient (Wildman–Crippen LogP) is 4.01. The smallest absolute Gasteiger partial charge is 0.287 e. The second-order valence-electron chi connectivity index (χ2n) is 8.78. The minimum Gasteiger partial charge on any atom is -0.451 e. The first-order valence-electron chi connectivity index (χ1n) is 9.90. The zero-order valence-corrected chi connectivity index (χ0v) is 16.2. The molecule has 2 unspecified atom stereocenters. The molecular weight excluding hydrogens is 376 g/mol. The summed E-state index contributed by atoms with van der Waals surface area (Å²) >= 11 is 5.93. The van der Waals surface area contributed by atoms with Gasteiger partial charge in [0, 0.05) is 22.0 Å².